The number of anilines is 1. The third-order valence-electron chi connectivity index (χ3n) is 4.48. The fourth-order valence-corrected chi connectivity index (χ4v) is 3.36. The van der Waals surface area contributed by atoms with Gasteiger partial charge in [0.2, 0.25) is 11.8 Å². The summed E-state index contributed by atoms with van der Waals surface area (Å²) in [5, 5.41) is 0. The van der Waals surface area contributed by atoms with E-state index in [2.05, 4.69) is 37.9 Å². The predicted octanol–water partition coefficient (Wildman–Crippen LogP) is 2.01. The quantitative estimate of drug-likeness (QED) is 0.842. The number of hydrogen-bond donors (Lipinski definition) is 0. The highest BCUT2D eigenvalue weighted by atomic mass is 16.5. The zero-order valence-corrected chi connectivity index (χ0v) is 13.9. The molecule has 0 N–H and O–H groups in total. The number of rotatable bonds is 5. The van der Waals surface area contributed by atoms with Crippen LogP contribution in [-0.4, -0.2) is 54.1 Å². The summed E-state index contributed by atoms with van der Waals surface area (Å²) in [7, 11) is 5.84. The van der Waals surface area contributed by atoms with Crippen LogP contribution in [0.25, 0.3) is 0 Å². The SMILES string of the molecule is COc1ccnc(N(C)C[C@@H]2CCN(C)[C@H]2c2cccnc2)n1. The molecule has 3 heterocycles. The second-order valence-electron chi connectivity index (χ2n) is 6.04. The van der Waals surface area contributed by atoms with Crippen LogP contribution in [0.4, 0.5) is 5.95 Å². The number of methoxy groups -OCH3 is 1. The van der Waals surface area contributed by atoms with Gasteiger partial charge >= 0.3 is 0 Å². The Kier molecular flexibility index (Phi) is 4.71. The molecule has 122 valence electrons. The van der Waals surface area contributed by atoms with Gasteiger partial charge in [0.1, 0.15) is 0 Å². The summed E-state index contributed by atoms with van der Waals surface area (Å²) in [6.07, 6.45) is 6.69. The minimum Gasteiger partial charge on any atom is -0.481 e. The lowest BCUT2D eigenvalue weighted by Gasteiger charge is -2.28. The van der Waals surface area contributed by atoms with Crippen LogP contribution in [0.3, 0.4) is 0 Å². The highest BCUT2D eigenvalue weighted by Crippen LogP contribution is 2.36. The smallest absolute Gasteiger partial charge is 0.228 e. The van der Waals surface area contributed by atoms with E-state index in [1.807, 2.05) is 25.5 Å². The van der Waals surface area contributed by atoms with Gasteiger partial charge in [0, 0.05) is 44.3 Å². The largest absolute Gasteiger partial charge is 0.481 e. The summed E-state index contributed by atoms with van der Waals surface area (Å²) in [5.74, 6) is 1.81. The molecule has 1 fully saturated rings. The van der Waals surface area contributed by atoms with Gasteiger partial charge in [0.15, 0.2) is 0 Å². The first kappa shape index (κ1) is 15.7. The van der Waals surface area contributed by atoms with E-state index in [0.717, 1.165) is 19.5 Å². The number of likely N-dealkylation sites (tertiary alicyclic amines) is 1. The van der Waals surface area contributed by atoms with E-state index >= 15 is 0 Å². The lowest BCUT2D eigenvalue weighted by Crippen LogP contribution is -2.31. The van der Waals surface area contributed by atoms with E-state index in [1.165, 1.54) is 5.56 Å². The van der Waals surface area contributed by atoms with Crippen molar-refractivity contribution in [1.29, 1.82) is 0 Å². The van der Waals surface area contributed by atoms with Gasteiger partial charge in [-0.2, -0.15) is 4.98 Å². The Morgan fingerprint density at radius 1 is 1.35 bits per heavy atom. The molecule has 0 unspecified atom stereocenters. The van der Waals surface area contributed by atoms with Crippen LogP contribution in [0.15, 0.2) is 36.8 Å². The molecule has 1 aliphatic heterocycles. The van der Waals surface area contributed by atoms with Crippen LogP contribution in [-0.2, 0) is 0 Å². The molecule has 0 radical (unpaired) electrons. The Labute approximate surface area is 137 Å². The summed E-state index contributed by atoms with van der Waals surface area (Å²) in [5.41, 5.74) is 1.28. The first-order valence-electron chi connectivity index (χ1n) is 7.87. The lowest BCUT2D eigenvalue weighted by atomic mass is 9.94. The Bertz CT molecular complexity index is 636. The van der Waals surface area contributed by atoms with Crippen LogP contribution in [0, 0.1) is 5.92 Å². The van der Waals surface area contributed by atoms with Gasteiger partial charge in [-0.3, -0.25) is 9.88 Å². The number of hydrogen-bond acceptors (Lipinski definition) is 6. The number of pyridine rings is 1. The van der Waals surface area contributed by atoms with E-state index in [9.17, 15) is 0 Å². The molecule has 0 bridgehead atoms. The van der Waals surface area contributed by atoms with Gasteiger partial charge in [-0.05, 0) is 37.6 Å². The molecule has 0 spiro atoms. The highest BCUT2D eigenvalue weighted by molar-refractivity contribution is 5.31. The van der Waals surface area contributed by atoms with Crippen LogP contribution in [0.5, 0.6) is 5.88 Å². The Morgan fingerprint density at radius 2 is 2.22 bits per heavy atom. The minimum atomic E-state index is 0.386. The standard InChI is InChI=1S/C17H23N5O/c1-21-10-7-14(16(21)13-5-4-8-18-11-13)12-22(2)17-19-9-6-15(20-17)23-3/h4-6,8-9,11,14,16H,7,10,12H2,1-3H3/t14-,16-/m0/s1. The van der Waals surface area contributed by atoms with Gasteiger partial charge in [-0.25, -0.2) is 4.98 Å². The van der Waals surface area contributed by atoms with Crippen LogP contribution in [0.2, 0.25) is 0 Å². The molecular weight excluding hydrogens is 290 g/mol. The monoisotopic (exact) mass is 313 g/mol. The van der Waals surface area contributed by atoms with Gasteiger partial charge in [-0.15, -0.1) is 0 Å². The average molecular weight is 313 g/mol. The highest BCUT2D eigenvalue weighted by Gasteiger charge is 2.34. The van der Waals surface area contributed by atoms with Crippen molar-refractivity contribution >= 4 is 5.95 Å². The molecule has 2 atom stereocenters. The first-order valence-corrected chi connectivity index (χ1v) is 7.87. The predicted molar refractivity (Wildman–Crippen MR) is 89.6 cm³/mol. The normalized spacial score (nSPS) is 21.3. The molecule has 2 aromatic heterocycles. The second-order valence-corrected chi connectivity index (χ2v) is 6.04. The van der Waals surface area contributed by atoms with E-state index in [1.54, 1.807) is 19.4 Å². The van der Waals surface area contributed by atoms with Crippen molar-refractivity contribution in [3.63, 3.8) is 0 Å². The van der Waals surface area contributed by atoms with Gasteiger partial charge in [0.05, 0.1) is 7.11 Å². The topological polar surface area (TPSA) is 54.4 Å². The summed E-state index contributed by atoms with van der Waals surface area (Å²) < 4.78 is 5.19. The fraction of sp³-hybridized carbons (Fsp3) is 0.471. The van der Waals surface area contributed by atoms with Crippen LogP contribution < -0.4 is 9.64 Å². The van der Waals surface area contributed by atoms with Gasteiger partial charge in [0.25, 0.3) is 0 Å². The number of aromatic nitrogens is 3. The Morgan fingerprint density at radius 3 is 2.96 bits per heavy atom. The van der Waals surface area contributed by atoms with Crippen molar-refractivity contribution in [3.05, 3.63) is 42.4 Å². The maximum atomic E-state index is 5.19. The molecule has 6 heteroatoms. The Hall–Kier alpha value is -2.21. The molecule has 23 heavy (non-hydrogen) atoms. The van der Waals surface area contributed by atoms with Gasteiger partial charge < -0.3 is 9.64 Å². The minimum absolute atomic E-state index is 0.386. The van der Waals surface area contributed by atoms with Crippen molar-refractivity contribution in [3.8, 4) is 5.88 Å². The van der Waals surface area contributed by atoms with Crippen molar-refractivity contribution in [2.24, 2.45) is 5.92 Å². The van der Waals surface area contributed by atoms with Crippen molar-refractivity contribution < 1.29 is 4.74 Å². The zero-order chi connectivity index (χ0) is 16.2. The molecule has 0 aromatic carbocycles. The number of ether oxygens (including phenoxy) is 1. The molecular formula is C17H23N5O. The second kappa shape index (κ2) is 6.91. The third kappa shape index (κ3) is 3.42. The third-order valence-corrected chi connectivity index (χ3v) is 4.48. The molecule has 6 nitrogen and oxygen atoms in total. The molecule has 1 saturated heterocycles. The van der Waals surface area contributed by atoms with Gasteiger partial charge in [-0.1, -0.05) is 6.07 Å². The lowest BCUT2D eigenvalue weighted by molar-refractivity contribution is 0.277. The van der Waals surface area contributed by atoms with E-state index < -0.39 is 0 Å². The maximum Gasteiger partial charge on any atom is 0.228 e. The van der Waals surface area contributed by atoms with Crippen LogP contribution in [0.1, 0.15) is 18.0 Å². The average Bonchev–Trinajstić information content (AvgIpc) is 2.96. The van der Waals surface area contributed by atoms with E-state index in [0.29, 0.717) is 23.8 Å². The van der Waals surface area contributed by atoms with Crippen molar-refractivity contribution in [1.82, 2.24) is 19.9 Å². The van der Waals surface area contributed by atoms with E-state index in [4.69, 9.17) is 4.74 Å². The van der Waals surface area contributed by atoms with E-state index in [-0.39, 0.29) is 0 Å². The van der Waals surface area contributed by atoms with Crippen molar-refractivity contribution in [2.75, 3.05) is 39.2 Å². The summed E-state index contributed by atoms with van der Waals surface area (Å²) >= 11 is 0. The van der Waals surface area contributed by atoms with Crippen molar-refractivity contribution in [2.45, 2.75) is 12.5 Å². The zero-order valence-electron chi connectivity index (χ0n) is 13.9. The van der Waals surface area contributed by atoms with Crippen LogP contribution >= 0.6 is 0 Å². The summed E-state index contributed by atoms with van der Waals surface area (Å²) in [6, 6.07) is 6.32. The molecule has 3 rings (SSSR count). The maximum absolute atomic E-state index is 5.19. The summed E-state index contributed by atoms with van der Waals surface area (Å²) in [4.78, 5) is 17.6. The fourth-order valence-electron chi connectivity index (χ4n) is 3.36. The molecule has 2 aromatic rings. The molecule has 0 saturated carbocycles. The molecule has 0 aliphatic carbocycles. The Balaban J connectivity index is 1.75. The first-order chi connectivity index (χ1) is 11.2. The molecule has 1 aliphatic rings. The number of nitrogens with zero attached hydrogens (tertiary/aromatic N) is 5. The summed E-state index contributed by atoms with van der Waals surface area (Å²) in [6.45, 7) is 1.99. The molecule has 0 amide bonds.